The third kappa shape index (κ3) is 2.07. The van der Waals surface area contributed by atoms with Crippen LogP contribution in [-0.2, 0) is 4.79 Å². The third-order valence-electron chi connectivity index (χ3n) is 1.97. The van der Waals surface area contributed by atoms with Gasteiger partial charge in [-0.3, -0.25) is 4.79 Å². The number of anilines is 1. The molecule has 1 aromatic carbocycles. The lowest BCUT2D eigenvalue weighted by Gasteiger charge is -2.11. The van der Waals surface area contributed by atoms with Crippen molar-refractivity contribution in [3.8, 4) is 5.75 Å². The second-order valence-electron chi connectivity index (χ2n) is 3.00. The zero-order valence-electron chi connectivity index (χ0n) is 7.44. The summed E-state index contributed by atoms with van der Waals surface area (Å²) in [5.74, 6) is 0.292. The van der Waals surface area contributed by atoms with Gasteiger partial charge in [0, 0.05) is 4.47 Å². The smallest absolute Gasteiger partial charge is 0.227 e. The highest BCUT2D eigenvalue weighted by Crippen LogP contribution is 2.44. The van der Waals surface area contributed by atoms with E-state index in [0.717, 1.165) is 0 Å². The Morgan fingerprint density at radius 2 is 2.20 bits per heavy atom. The first-order valence-corrected chi connectivity index (χ1v) is 5.74. The largest absolute Gasteiger partial charge is 0.489 e. The Labute approximate surface area is 105 Å². The number of hydrogen-bond donors (Lipinski definition) is 1. The van der Waals surface area contributed by atoms with Crippen LogP contribution < -0.4 is 10.1 Å². The fourth-order valence-electron chi connectivity index (χ4n) is 1.28. The number of carbonyl (C=O) groups excluding carboxylic acids is 1. The highest BCUT2D eigenvalue weighted by atomic mass is 79.9. The van der Waals surface area contributed by atoms with Gasteiger partial charge in [0.15, 0.2) is 5.75 Å². The molecule has 0 atom stereocenters. The molecule has 2 rings (SSSR count). The van der Waals surface area contributed by atoms with Gasteiger partial charge in [0.1, 0.15) is 5.69 Å². The molecular formula is C9H6BrCl2NO2. The molecule has 15 heavy (non-hydrogen) atoms. The maximum atomic E-state index is 11.3. The first-order valence-electron chi connectivity index (χ1n) is 4.19. The van der Waals surface area contributed by atoms with Crippen molar-refractivity contribution in [2.24, 2.45) is 0 Å². The Hall–Kier alpha value is -0.450. The highest BCUT2D eigenvalue weighted by molar-refractivity contribution is 9.10. The van der Waals surface area contributed by atoms with E-state index in [1.54, 1.807) is 6.07 Å². The van der Waals surface area contributed by atoms with Crippen molar-refractivity contribution >= 4 is 50.7 Å². The van der Waals surface area contributed by atoms with Crippen LogP contribution in [0, 0.1) is 0 Å². The SMILES string of the molecule is O=C1CCOc2c(Cl)cc(Br)c(Cl)c2N1. The van der Waals surface area contributed by atoms with Gasteiger partial charge in [0.05, 0.1) is 23.1 Å². The predicted octanol–water partition coefficient (Wildman–Crippen LogP) is 3.48. The molecule has 0 bridgehead atoms. The Bertz CT molecular complexity index is 437. The second kappa shape index (κ2) is 4.20. The fraction of sp³-hybridized carbons (Fsp3) is 0.222. The van der Waals surface area contributed by atoms with Crippen LogP contribution in [0.4, 0.5) is 5.69 Å². The molecule has 0 aromatic heterocycles. The Morgan fingerprint density at radius 3 is 2.93 bits per heavy atom. The van der Waals surface area contributed by atoms with Crippen molar-refractivity contribution in [1.82, 2.24) is 0 Å². The molecular weight excluding hydrogens is 305 g/mol. The van der Waals surface area contributed by atoms with Crippen molar-refractivity contribution in [3.05, 3.63) is 20.6 Å². The van der Waals surface area contributed by atoms with Gasteiger partial charge in [-0.2, -0.15) is 0 Å². The molecule has 6 heteroatoms. The minimum atomic E-state index is -0.134. The summed E-state index contributed by atoms with van der Waals surface area (Å²) in [6.45, 7) is 0.302. The number of rotatable bonds is 0. The molecule has 1 heterocycles. The summed E-state index contributed by atoms with van der Waals surface area (Å²) >= 11 is 15.2. The van der Waals surface area contributed by atoms with Crippen molar-refractivity contribution < 1.29 is 9.53 Å². The average molecular weight is 311 g/mol. The fourth-order valence-corrected chi connectivity index (χ4v) is 2.28. The summed E-state index contributed by atoms with van der Waals surface area (Å²) in [5.41, 5.74) is 0.429. The summed E-state index contributed by atoms with van der Waals surface area (Å²) < 4.78 is 5.99. The molecule has 3 nitrogen and oxygen atoms in total. The molecule has 0 aliphatic carbocycles. The van der Waals surface area contributed by atoms with Crippen LogP contribution in [0.5, 0.6) is 5.75 Å². The summed E-state index contributed by atoms with van der Waals surface area (Å²) in [6, 6.07) is 1.64. The Balaban J connectivity index is 2.60. The van der Waals surface area contributed by atoms with E-state index in [1.165, 1.54) is 0 Å². The van der Waals surface area contributed by atoms with Gasteiger partial charge in [-0.05, 0) is 22.0 Å². The van der Waals surface area contributed by atoms with Crippen LogP contribution in [0.2, 0.25) is 10.0 Å². The van der Waals surface area contributed by atoms with E-state index in [2.05, 4.69) is 21.2 Å². The van der Waals surface area contributed by atoms with Crippen LogP contribution in [0.15, 0.2) is 10.5 Å². The molecule has 0 fully saturated rings. The van der Waals surface area contributed by atoms with E-state index < -0.39 is 0 Å². The lowest BCUT2D eigenvalue weighted by molar-refractivity contribution is -0.116. The van der Waals surface area contributed by atoms with Gasteiger partial charge >= 0.3 is 0 Å². The maximum Gasteiger partial charge on any atom is 0.227 e. The topological polar surface area (TPSA) is 38.3 Å². The molecule has 0 saturated carbocycles. The molecule has 1 aliphatic heterocycles. The first-order chi connectivity index (χ1) is 7.09. The predicted molar refractivity (Wildman–Crippen MR) is 62.9 cm³/mol. The number of hydrogen-bond acceptors (Lipinski definition) is 2. The van der Waals surface area contributed by atoms with Gasteiger partial charge in [-0.15, -0.1) is 0 Å². The van der Waals surface area contributed by atoms with E-state index in [9.17, 15) is 4.79 Å². The van der Waals surface area contributed by atoms with Gasteiger partial charge in [0.25, 0.3) is 0 Å². The van der Waals surface area contributed by atoms with Crippen LogP contribution in [-0.4, -0.2) is 12.5 Å². The summed E-state index contributed by atoms with van der Waals surface area (Å²) in [4.78, 5) is 11.3. The van der Waals surface area contributed by atoms with Gasteiger partial charge in [0.2, 0.25) is 5.91 Å². The maximum absolute atomic E-state index is 11.3. The van der Waals surface area contributed by atoms with E-state index >= 15 is 0 Å². The number of nitrogens with one attached hydrogen (secondary N) is 1. The molecule has 0 unspecified atom stereocenters. The van der Waals surface area contributed by atoms with Crippen LogP contribution >= 0.6 is 39.1 Å². The van der Waals surface area contributed by atoms with E-state index in [1.807, 2.05) is 0 Å². The number of fused-ring (bicyclic) bond motifs is 1. The molecule has 0 radical (unpaired) electrons. The Kier molecular flexibility index (Phi) is 3.09. The number of amides is 1. The minimum Gasteiger partial charge on any atom is -0.489 e. The van der Waals surface area contributed by atoms with Gasteiger partial charge in [-0.25, -0.2) is 0 Å². The number of ether oxygens (including phenoxy) is 1. The van der Waals surface area contributed by atoms with Crippen molar-refractivity contribution in [2.75, 3.05) is 11.9 Å². The molecule has 1 aliphatic rings. The third-order valence-corrected chi connectivity index (χ3v) is 3.49. The van der Waals surface area contributed by atoms with E-state index in [-0.39, 0.29) is 5.91 Å². The molecule has 1 N–H and O–H groups in total. The summed E-state index contributed by atoms with van der Waals surface area (Å²) in [6.07, 6.45) is 0.291. The molecule has 0 spiro atoms. The Morgan fingerprint density at radius 1 is 1.47 bits per heavy atom. The summed E-state index contributed by atoms with van der Waals surface area (Å²) in [5, 5.41) is 3.48. The molecule has 80 valence electrons. The molecule has 1 aromatic rings. The van der Waals surface area contributed by atoms with E-state index in [0.29, 0.717) is 39.0 Å². The van der Waals surface area contributed by atoms with E-state index in [4.69, 9.17) is 27.9 Å². The number of carbonyl (C=O) groups is 1. The minimum absolute atomic E-state index is 0.134. The molecule has 1 amide bonds. The quantitative estimate of drug-likeness (QED) is 0.745. The van der Waals surface area contributed by atoms with Crippen molar-refractivity contribution in [2.45, 2.75) is 6.42 Å². The normalized spacial score (nSPS) is 15.0. The average Bonchev–Trinajstić information content (AvgIpc) is 2.37. The van der Waals surface area contributed by atoms with Gasteiger partial charge < -0.3 is 10.1 Å². The van der Waals surface area contributed by atoms with Crippen LogP contribution in [0.1, 0.15) is 6.42 Å². The lowest BCUT2D eigenvalue weighted by Crippen LogP contribution is -2.10. The lowest BCUT2D eigenvalue weighted by atomic mass is 10.3. The van der Waals surface area contributed by atoms with Crippen LogP contribution in [0.3, 0.4) is 0 Å². The highest BCUT2D eigenvalue weighted by Gasteiger charge is 2.21. The van der Waals surface area contributed by atoms with Crippen LogP contribution in [0.25, 0.3) is 0 Å². The monoisotopic (exact) mass is 309 g/mol. The van der Waals surface area contributed by atoms with Gasteiger partial charge in [-0.1, -0.05) is 23.2 Å². The zero-order chi connectivity index (χ0) is 11.0. The number of halogens is 3. The second-order valence-corrected chi connectivity index (χ2v) is 4.64. The zero-order valence-corrected chi connectivity index (χ0v) is 10.5. The van der Waals surface area contributed by atoms with Crippen molar-refractivity contribution in [3.63, 3.8) is 0 Å². The summed E-state index contributed by atoms with van der Waals surface area (Å²) in [7, 11) is 0. The number of benzene rings is 1. The van der Waals surface area contributed by atoms with Crippen molar-refractivity contribution in [1.29, 1.82) is 0 Å². The standard InChI is InChI=1S/C9H6BrCl2NO2/c10-4-3-5(11)9-8(7(4)12)13-6(14)1-2-15-9/h3H,1-2H2,(H,13,14). The first kappa shape index (κ1) is 11.0. The molecule has 0 saturated heterocycles.